The lowest BCUT2D eigenvalue weighted by Gasteiger charge is -1.80. The van der Waals surface area contributed by atoms with Crippen LogP contribution in [0, 0.1) is 0 Å². The molecule has 0 N–H and O–H groups in total. The SMILES string of the molecule is C/C=C/C(=O)OBr. The van der Waals surface area contributed by atoms with Crippen LogP contribution in [0.2, 0.25) is 0 Å². The molecule has 0 aromatic rings. The fraction of sp³-hybridized carbons (Fsp3) is 0.250. The molecule has 0 atom stereocenters. The number of halogens is 1. The lowest BCUT2D eigenvalue weighted by atomic mass is 10.5. The number of rotatable bonds is 1. The Morgan fingerprint density at radius 3 is 2.57 bits per heavy atom. The molecule has 0 aliphatic heterocycles. The second-order valence-electron chi connectivity index (χ2n) is 0.896. The summed E-state index contributed by atoms with van der Waals surface area (Å²) in [5.41, 5.74) is 0. The van der Waals surface area contributed by atoms with E-state index in [9.17, 15) is 4.79 Å². The van der Waals surface area contributed by atoms with Crippen molar-refractivity contribution in [2.75, 3.05) is 0 Å². The maximum absolute atomic E-state index is 10.1. The maximum atomic E-state index is 10.1. The minimum atomic E-state index is -0.387. The Labute approximate surface area is 50.6 Å². The fourth-order valence-electron chi connectivity index (χ4n) is 0.162. The van der Waals surface area contributed by atoms with E-state index in [-0.39, 0.29) is 5.97 Å². The lowest BCUT2D eigenvalue weighted by molar-refractivity contribution is -0.127. The van der Waals surface area contributed by atoms with Gasteiger partial charge in [-0.1, -0.05) is 6.08 Å². The van der Waals surface area contributed by atoms with Gasteiger partial charge in [0.2, 0.25) is 0 Å². The zero-order valence-electron chi connectivity index (χ0n) is 3.85. The zero-order valence-corrected chi connectivity index (χ0v) is 5.44. The van der Waals surface area contributed by atoms with E-state index in [2.05, 4.69) is 20.1 Å². The smallest absolute Gasteiger partial charge is 0.341 e. The average Bonchev–Trinajstić information content (AvgIpc) is 1.68. The quantitative estimate of drug-likeness (QED) is 0.549. The van der Waals surface area contributed by atoms with Gasteiger partial charge in [0, 0.05) is 6.08 Å². The topological polar surface area (TPSA) is 26.3 Å². The van der Waals surface area contributed by atoms with Crippen molar-refractivity contribution < 1.29 is 8.62 Å². The van der Waals surface area contributed by atoms with Crippen LogP contribution in [0.4, 0.5) is 0 Å². The van der Waals surface area contributed by atoms with Gasteiger partial charge in [0.25, 0.3) is 0 Å². The van der Waals surface area contributed by atoms with Crippen molar-refractivity contribution in [3.8, 4) is 0 Å². The molecule has 0 aliphatic carbocycles. The van der Waals surface area contributed by atoms with Gasteiger partial charge in [-0.25, -0.2) is 4.79 Å². The van der Waals surface area contributed by atoms with Crippen molar-refractivity contribution >= 4 is 22.2 Å². The zero-order chi connectivity index (χ0) is 5.70. The van der Waals surface area contributed by atoms with Crippen LogP contribution >= 0.6 is 16.3 Å². The van der Waals surface area contributed by atoms with Gasteiger partial charge in [-0.05, 0) is 6.92 Å². The van der Waals surface area contributed by atoms with E-state index >= 15 is 0 Å². The highest BCUT2D eigenvalue weighted by Crippen LogP contribution is 1.86. The van der Waals surface area contributed by atoms with Crippen LogP contribution in [0.5, 0.6) is 0 Å². The predicted molar refractivity (Wildman–Crippen MR) is 29.8 cm³/mol. The summed E-state index contributed by atoms with van der Waals surface area (Å²) in [5.74, 6) is -0.387. The van der Waals surface area contributed by atoms with Crippen LogP contribution in [0.15, 0.2) is 12.2 Å². The minimum Gasteiger partial charge on any atom is -0.380 e. The molecule has 0 heterocycles. The molecule has 0 saturated heterocycles. The first-order chi connectivity index (χ1) is 3.31. The van der Waals surface area contributed by atoms with E-state index in [1.165, 1.54) is 6.08 Å². The van der Waals surface area contributed by atoms with Crippen molar-refractivity contribution in [1.29, 1.82) is 0 Å². The van der Waals surface area contributed by atoms with Gasteiger partial charge in [-0.15, -0.1) is 0 Å². The second-order valence-corrected chi connectivity index (χ2v) is 1.22. The Bertz CT molecular complexity index is 87.7. The molecule has 7 heavy (non-hydrogen) atoms. The molecular formula is C4H5BrO2. The van der Waals surface area contributed by atoms with Crippen LogP contribution in [0.3, 0.4) is 0 Å². The first-order valence-corrected chi connectivity index (χ1v) is 2.41. The summed E-state index contributed by atoms with van der Waals surface area (Å²) < 4.78 is 4.08. The van der Waals surface area contributed by atoms with E-state index in [1.54, 1.807) is 13.0 Å². The molecule has 0 fully saturated rings. The molecule has 0 spiro atoms. The van der Waals surface area contributed by atoms with Crippen LogP contribution in [0.25, 0.3) is 0 Å². The number of allylic oxidation sites excluding steroid dienone is 1. The summed E-state index contributed by atoms with van der Waals surface area (Å²) in [6, 6.07) is 0. The van der Waals surface area contributed by atoms with Gasteiger partial charge in [-0.2, -0.15) is 0 Å². The van der Waals surface area contributed by atoms with E-state index < -0.39 is 0 Å². The number of carbonyl (C=O) groups excluding carboxylic acids is 1. The third-order valence-corrected chi connectivity index (χ3v) is 0.698. The van der Waals surface area contributed by atoms with E-state index in [4.69, 9.17) is 0 Å². The van der Waals surface area contributed by atoms with Crippen LogP contribution in [-0.4, -0.2) is 5.97 Å². The lowest BCUT2D eigenvalue weighted by Crippen LogP contribution is -1.86. The molecule has 3 heteroatoms. The molecule has 40 valence electrons. The van der Waals surface area contributed by atoms with Gasteiger partial charge in [0.1, 0.15) is 0 Å². The molecule has 0 aromatic heterocycles. The Balaban J connectivity index is 3.37. The van der Waals surface area contributed by atoms with E-state index in [1.807, 2.05) is 0 Å². The Kier molecular flexibility index (Phi) is 3.69. The van der Waals surface area contributed by atoms with Crippen molar-refractivity contribution in [2.45, 2.75) is 6.92 Å². The Hall–Kier alpha value is -0.310. The van der Waals surface area contributed by atoms with Crippen LogP contribution in [-0.2, 0) is 8.62 Å². The number of carbonyl (C=O) groups is 1. The highest BCUT2D eigenvalue weighted by Gasteiger charge is 1.86. The molecule has 0 aromatic carbocycles. The standard InChI is InChI=1S/C4H5BrO2/c1-2-3-4(6)7-5/h2-3H,1H3/b3-2+. The summed E-state index contributed by atoms with van der Waals surface area (Å²) in [5, 5.41) is 0. The van der Waals surface area contributed by atoms with Crippen molar-refractivity contribution in [3.63, 3.8) is 0 Å². The Morgan fingerprint density at radius 1 is 1.86 bits per heavy atom. The molecular weight excluding hydrogens is 160 g/mol. The van der Waals surface area contributed by atoms with Gasteiger partial charge in [0.15, 0.2) is 16.3 Å². The number of hydrogen-bond acceptors (Lipinski definition) is 2. The predicted octanol–water partition coefficient (Wildman–Crippen LogP) is 1.42. The van der Waals surface area contributed by atoms with Gasteiger partial charge < -0.3 is 3.83 Å². The summed E-state index contributed by atoms with van der Waals surface area (Å²) >= 11 is 2.51. The molecule has 0 aliphatic rings. The summed E-state index contributed by atoms with van der Waals surface area (Å²) in [7, 11) is 0. The van der Waals surface area contributed by atoms with E-state index in [0.717, 1.165) is 0 Å². The van der Waals surface area contributed by atoms with Crippen LogP contribution < -0.4 is 0 Å². The monoisotopic (exact) mass is 164 g/mol. The largest absolute Gasteiger partial charge is 0.380 e. The normalized spacial score (nSPS) is 9.43. The second kappa shape index (κ2) is 3.87. The molecule has 0 unspecified atom stereocenters. The first kappa shape index (κ1) is 6.69. The molecule has 0 amide bonds. The molecule has 0 saturated carbocycles. The molecule has 0 rings (SSSR count). The summed E-state index contributed by atoms with van der Waals surface area (Å²) in [6.07, 6.45) is 2.92. The molecule has 0 bridgehead atoms. The van der Waals surface area contributed by atoms with Gasteiger partial charge in [-0.3, -0.25) is 0 Å². The average molecular weight is 165 g/mol. The van der Waals surface area contributed by atoms with Gasteiger partial charge in [0.05, 0.1) is 0 Å². The third-order valence-electron chi connectivity index (χ3n) is 0.379. The molecule has 2 nitrogen and oxygen atoms in total. The third kappa shape index (κ3) is 3.52. The molecule has 0 radical (unpaired) electrons. The van der Waals surface area contributed by atoms with Crippen molar-refractivity contribution in [2.24, 2.45) is 0 Å². The number of hydrogen-bond donors (Lipinski definition) is 0. The maximum Gasteiger partial charge on any atom is 0.341 e. The minimum absolute atomic E-state index is 0.387. The van der Waals surface area contributed by atoms with Crippen LogP contribution in [0.1, 0.15) is 6.92 Å². The highest BCUT2D eigenvalue weighted by atomic mass is 79.9. The van der Waals surface area contributed by atoms with Crippen molar-refractivity contribution in [1.82, 2.24) is 0 Å². The highest BCUT2D eigenvalue weighted by molar-refractivity contribution is 9.06. The van der Waals surface area contributed by atoms with Gasteiger partial charge >= 0.3 is 5.97 Å². The fourth-order valence-corrected chi connectivity index (χ4v) is 0.270. The van der Waals surface area contributed by atoms with E-state index in [0.29, 0.717) is 0 Å². The summed E-state index contributed by atoms with van der Waals surface area (Å²) in [4.78, 5) is 10.1. The summed E-state index contributed by atoms with van der Waals surface area (Å²) in [6.45, 7) is 1.74. The first-order valence-electron chi connectivity index (χ1n) is 1.76. The Morgan fingerprint density at radius 2 is 2.43 bits per heavy atom. The van der Waals surface area contributed by atoms with Crippen molar-refractivity contribution in [3.05, 3.63) is 12.2 Å².